The van der Waals surface area contributed by atoms with Crippen molar-refractivity contribution in [3.8, 4) is 0 Å². The van der Waals surface area contributed by atoms with Gasteiger partial charge in [-0.05, 0) is 44.7 Å². The van der Waals surface area contributed by atoms with Crippen LogP contribution in [0.4, 0.5) is 19.0 Å². The first-order chi connectivity index (χ1) is 16.7. The van der Waals surface area contributed by atoms with Gasteiger partial charge in [0.2, 0.25) is 5.91 Å². The predicted octanol–water partition coefficient (Wildman–Crippen LogP) is 4.81. The lowest BCUT2D eigenvalue weighted by Gasteiger charge is -2.21. The standard InChI is InChI=1S/C25H26F3N5O2/c1-12(16-5-4-6-17(20(16)26)21(27)28)30-22-19-11-18(25(35)33-23(19)32-13(2)31-22)14-7-9-15(10-8-14)24(34)29-3/h4-7,11-12,15,21H,8-10H2,1-3H3,(H,29,34)(H2,30,31,32,33,35). The van der Waals surface area contributed by atoms with E-state index in [1.807, 2.05) is 6.08 Å². The highest BCUT2D eigenvalue weighted by Crippen LogP contribution is 2.32. The number of amides is 1. The van der Waals surface area contributed by atoms with E-state index in [2.05, 4.69) is 25.6 Å². The van der Waals surface area contributed by atoms with Crippen molar-refractivity contribution < 1.29 is 18.0 Å². The monoisotopic (exact) mass is 485 g/mol. The molecule has 2 aromatic heterocycles. The number of aryl methyl sites for hydroxylation is 1. The summed E-state index contributed by atoms with van der Waals surface area (Å²) in [6.07, 6.45) is 0.678. The lowest BCUT2D eigenvalue weighted by atomic mass is 9.86. The Bertz CT molecular complexity index is 1370. The third-order valence-corrected chi connectivity index (χ3v) is 6.31. The second-order valence-corrected chi connectivity index (χ2v) is 8.63. The van der Waals surface area contributed by atoms with Gasteiger partial charge in [0.25, 0.3) is 12.0 Å². The average molecular weight is 486 g/mol. The van der Waals surface area contributed by atoms with Crippen LogP contribution in [-0.4, -0.2) is 27.9 Å². The summed E-state index contributed by atoms with van der Waals surface area (Å²) in [5.41, 5.74) is 0.681. The lowest BCUT2D eigenvalue weighted by molar-refractivity contribution is -0.124. The van der Waals surface area contributed by atoms with Crippen molar-refractivity contribution in [2.45, 2.75) is 45.6 Å². The van der Waals surface area contributed by atoms with Crippen LogP contribution in [0, 0.1) is 18.7 Å². The molecule has 3 N–H and O–H groups in total. The number of pyridine rings is 1. The Balaban J connectivity index is 1.72. The highest BCUT2D eigenvalue weighted by Gasteiger charge is 2.24. The molecule has 2 heterocycles. The Morgan fingerprint density at radius 3 is 2.63 bits per heavy atom. The summed E-state index contributed by atoms with van der Waals surface area (Å²) in [6, 6.07) is 4.88. The minimum Gasteiger partial charge on any atom is -0.363 e. The number of aromatic nitrogens is 3. The normalized spacial score (nSPS) is 16.8. The molecule has 1 aliphatic rings. The maximum absolute atomic E-state index is 14.7. The number of fused-ring (bicyclic) bond motifs is 1. The number of nitrogens with zero attached hydrogens (tertiary/aromatic N) is 2. The molecule has 0 radical (unpaired) electrons. The smallest absolute Gasteiger partial charge is 0.266 e. The summed E-state index contributed by atoms with van der Waals surface area (Å²) in [7, 11) is 1.60. The molecular weight excluding hydrogens is 459 g/mol. The molecule has 0 saturated heterocycles. The first-order valence-corrected chi connectivity index (χ1v) is 11.3. The van der Waals surface area contributed by atoms with Crippen LogP contribution in [0.25, 0.3) is 16.6 Å². The number of allylic oxidation sites excluding steroid dienone is 2. The first kappa shape index (κ1) is 24.4. The Morgan fingerprint density at radius 1 is 1.23 bits per heavy atom. The molecule has 1 amide bonds. The largest absolute Gasteiger partial charge is 0.363 e. The number of halogens is 3. The lowest BCUT2D eigenvalue weighted by Crippen LogP contribution is -2.28. The molecule has 0 fully saturated rings. The van der Waals surface area contributed by atoms with Crippen LogP contribution in [0.1, 0.15) is 61.2 Å². The Labute approximate surface area is 199 Å². The van der Waals surface area contributed by atoms with Gasteiger partial charge in [-0.2, -0.15) is 0 Å². The van der Waals surface area contributed by atoms with E-state index in [9.17, 15) is 22.8 Å². The van der Waals surface area contributed by atoms with Gasteiger partial charge in [-0.3, -0.25) is 9.59 Å². The van der Waals surface area contributed by atoms with E-state index in [-0.39, 0.29) is 22.9 Å². The number of carbonyl (C=O) groups excluding carboxylic acids is 1. The summed E-state index contributed by atoms with van der Waals surface area (Å²) in [5, 5.41) is 6.26. The minimum absolute atomic E-state index is 0.0276. The van der Waals surface area contributed by atoms with Crippen molar-refractivity contribution in [1.29, 1.82) is 0 Å². The summed E-state index contributed by atoms with van der Waals surface area (Å²) >= 11 is 0. The molecule has 0 aliphatic heterocycles. The Kier molecular flexibility index (Phi) is 6.90. The maximum Gasteiger partial charge on any atom is 0.266 e. The SMILES string of the molecule is CNC(=O)C1CC=C(c2cc3c(NC(C)c4cccc(C(F)F)c4F)nc(C)nc3[nH]c2=O)CC1. The van der Waals surface area contributed by atoms with Crippen molar-refractivity contribution in [1.82, 2.24) is 20.3 Å². The molecule has 35 heavy (non-hydrogen) atoms. The Hall–Kier alpha value is -3.69. The van der Waals surface area contributed by atoms with Crippen molar-refractivity contribution in [3.63, 3.8) is 0 Å². The fourth-order valence-electron chi connectivity index (χ4n) is 4.42. The summed E-state index contributed by atoms with van der Waals surface area (Å²) in [6.45, 7) is 3.30. The van der Waals surface area contributed by atoms with E-state index in [0.717, 1.165) is 11.6 Å². The van der Waals surface area contributed by atoms with Crippen LogP contribution in [0.15, 0.2) is 35.1 Å². The van der Waals surface area contributed by atoms with Gasteiger partial charge in [0.05, 0.1) is 17.0 Å². The molecule has 10 heteroatoms. The topological polar surface area (TPSA) is 99.8 Å². The molecule has 0 bridgehead atoms. The van der Waals surface area contributed by atoms with Gasteiger partial charge >= 0.3 is 0 Å². The van der Waals surface area contributed by atoms with Crippen molar-refractivity contribution in [3.05, 3.63) is 69.0 Å². The summed E-state index contributed by atoms with van der Waals surface area (Å²) in [4.78, 5) is 36.3. The number of aromatic amines is 1. The van der Waals surface area contributed by atoms with E-state index in [1.54, 1.807) is 27.0 Å². The molecular formula is C25H26F3N5O2. The number of alkyl halides is 2. The first-order valence-electron chi connectivity index (χ1n) is 11.3. The van der Waals surface area contributed by atoms with Gasteiger partial charge in [-0.25, -0.2) is 23.1 Å². The van der Waals surface area contributed by atoms with Gasteiger partial charge in [-0.1, -0.05) is 24.3 Å². The number of hydrogen-bond acceptors (Lipinski definition) is 5. The number of H-pyrrole nitrogens is 1. The fraction of sp³-hybridized carbons (Fsp3) is 0.360. The van der Waals surface area contributed by atoms with E-state index >= 15 is 0 Å². The number of benzene rings is 1. The highest BCUT2D eigenvalue weighted by molar-refractivity contribution is 5.89. The molecule has 2 unspecified atom stereocenters. The van der Waals surface area contributed by atoms with Crippen molar-refractivity contribution in [2.75, 3.05) is 12.4 Å². The molecule has 184 valence electrons. The van der Waals surface area contributed by atoms with Crippen LogP contribution in [0.3, 0.4) is 0 Å². The van der Waals surface area contributed by atoms with Crippen molar-refractivity contribution >= 4 is 28.3 Å². The molecule has 3 aromatic rings. The molecule has 7 nitrogen and oxygen atoms in total. The van der Waals surface area contributed by atoms with Crippen LogP contribution in [0.5, 0.6) is 0 Å². The van der Waals surface area contributed by atoms with Crippen LogP contribution >= 0.6 is 0 Å². The van der Waals surface area contributed by atoms with Gasteiger partial charge < -0.3 is 15.6 Å². The van der Waals surface area contributed by atoms with E-state index < -0.39 is 23.8 Å². The quantitative estimate of drug-likeness (QED) is 0.466. The third kappa shape index (κ3) is 4.91. The minimum atomic E-state index is -2.93. The molecule has 2 atom stereocenters. The average Bonchev–Trinajstić information content (AvgIpc) is 2.83. The zero-order valence-electron chi connectivity index (χ0n) is 19.6. The predicted molar refractivity (Wildman–Crippen MR) is 128 cm³/mol. The maximum atomic E-state index is 14.7. The van der Waals surface area contributed by atoms with E-state index in [4.69, 9.17) is 0 Å². The molecule has 0 saturated carbocycles. The van der Waals surface area contributed by atoms with Crippen LogP contribution in [-0.2, 0) is 4.79 Å². The number of hydrogen-bond donors (Lipinski definition) is 3. The number of rotatable bonds is 6. The van der Waals surface area contributed by atoms with Crippen LogP contribution in [0.2, 0.25) is 0 Å². The highest BCUT2D eigenvalue weighted by atomic mass is 19.3. The summed E-state index contributed by atoms with van der Waals surface area (Å²) in [5.74, 6) is -0.405. The van der Waals surface area contributed by atoms with Gasteiger partial charge in [0, 0.05) is 24.1 Å². The second kappa shape index (κ2) is 9.89. The van der Waals surface area contributed by atoms with E-state index in [1.165, 1.54) is 12.1 Å². The molecule has 4 rings (SSSR count). The number of nitrogens with one attached hydrogen (secondary N) is 3. The number of anilines is 1. The van der Waals surface area contributed by atoms with Gasteiger partial charge in [-0.15, -0.1) is 0 Å². The van der Waals surface area contributed by atoms with Gasteiger partial charge in [0.15, 0.2) is 0 Å². The molecule has 1 aliphatic carbocycles. The third-order valence-electron chi connectivity index (χ3n) is 6.31. The number of carbonyl (C=O) groups is 1. The van der Waals surface area contributed by atoms with Crippen molar-refractivity contribution in [2.24, 2.45) is 5.92 Å². The fourth-order valence-corrected chi connectivity index (χ4v) is 4.42. The van der Waals surface area contributed by atoms with Gasteiger partial charge in [0.1, 0.15) is 23.1 Å². The van der Waals surface area contributed by atoms with E-state index in [0.29, 0.717) is 47.5 Å². The zero-order chi connectivity index (χ0) is 25.3. The van der Waals surface area contributed by atoms with Crippen LogP contribution < -0.4 is 16.2 Å². The molecule has 0 spiro atoms. The zero-order valence-corrected chi connectivity index (χ0v) is 19.6. The Morgan fingerprint density at radius 2 is 1.97 bits per heavy atom. The molecule has 1 aromatic carbocycles. The summed E-state index contributed by atoms with van der Waals surface area (Å²) < 4.78 is 41.0. The second-order valence-electron chi connectivity index (χ2n) is 8.63.